The molecule has 1 aromatic rings. The van der Waals surface area contributed by atoms with Crippen LogP contribution in [0.1, 0.15) is 38.7 Å². The van der Waals surface area contributed by atoms with Crippen LogP contribution in [0.25, 0.3) is 0 Å². The van der Waals surface area contributed by atoms with E-state index in [1.807, 2.05) is 31.2 Å². The fraction of sp³-hybridized carbons (Fsp3) is 0.600. The summed E-state index contributed by atoms with van der Waals surface area (Å²) in [5.41, 5.74) is 7.09. The minimum atomic E-state index is -0.406. The van der Waals surface area contributed by atoms with E-state index in [9.17, 15) is 5.11 Å². The Morgan fingerprint density at radius 3 is 2.39 bits per heavy atom. The first kappa shape index (κ1) is 15.0. The zero-order valence-electron chi connectivity index (χ0n) is 11.4. The summed E-state index contributed by atoms with van der Waals surface area (Å²) < 4.78 is 5.39. The van der Waals surface area contributed by atoms with Gasteiger partial charge < -0.3 is 15.6 Å². The van der Waals surface area contributed by atoms with Crippen molar-refractivity contribution < 1.29 is 9.84 Å². The summed E-state index contributed by atoms with van der Waals surface area (Å²) in [7, 11) is 0. The van der Waals surface area contributed by atoms with E-state index in [1.165, 1.54) is 5.56 Å². The average molecular weight is 251 g/mol. The molecule has 3 N–H and O–H groups in total. The largest absolute Gasteiger partial charge is 0.494 e. The van der Waals surface area contributed by atoms with Gasteiger partial charge in [0.2, 0.25) is 0 Å². The summed E-state index contributed by atoms with van der Waals surface area (Å²) in [5.74, 6) is 0.893. The third kappa shape index (κ3) is 5.07. The standard InChI is InChI=1S/C15H25NO2/c1-3-5-14(16)15(17)11-8-12-6-9-13(10-7-12)18-4-2/h6-7,9-10,14-15,17H,3-5,8,11,16H2,1-2H3. The van der Waals surface area contributed by atoms with E-state index in [0.29, 0.717) is 6.61 Å². The third-order valence-electron chi connectivity index (χ3n) is 3.08. The molecule has 0 heterocycles. The van der Waals surface area contributed by atoms with E-state index < -0.39 is 6.10 Å². The average Bonchev–Trinajstić information content (AvgIpc) is 2.38. The third-order valence-corrected chi connectivity index (χ3v) is 3.08. The smallest absolute Gasteiger partial charge is 0.119 e. The van der Waals surface area contributed by atoms with Crippen LogP contribution in [0.4, 0.5) is 0 Å². The summed E-state index contributed by atoms with van der Waals surface area (Å²) in [6.45, 7) is 4.74. The van der Waals surface area contributed by atoms with E-state index in [2.05, 4.69) is 6.92 Å². The molecular formula is C15H25NO2. The molecule has 1 rings (SSSR count). The molecule has 0 spiro atoms. The molecular weight excluding hydrogens is 226 g/mol. The maximum atomic E-state index is 9.90. The van der Waals surface area contributed by atoms with Crippen molar-refractivity contribution in [2.45, 2.75) is 51.7 Å². The molecule has 0 amide bonds. The number of hydrogen-bond acceptors (Lipinski definition) is 3. The molecule has 0 bridgehead atoms. The van der Waals surface area contributed by atoms with E-state index in [4.69, 9.17) is 10.5 Å². The summed E-state index contributed by atoms with van der Waals surface area (Å²) in [4.78, 5) is 0. The molecule has 1 aromatic carbocycles. The van der Waals surface area contributed by atoms with E-state index >= 15 is 0 Å². The topological polar surface area (TPSA) is 55.5 Å². The molecule has 3 nitrogen and oxygen atoms in total. The van der Waals surface area contributed by atoms with Gasteiger partial charge in [0.05, 0.1) is 12.7 Å². The van der Waals surface area contributed by atoms with Crippen LogP contribution in [-0.4, -0.2) is 23.9 Å². The van der Waals surface area contributed by atoms with Gasteiger partial charge in [0.25, 0.3) is 0 Å². The second kappa shape index (κ2) is 8.11. The number of nitrogens with two attached hydrogens (primary N) is 1. The fourth-order valence-electron chi connectivity index (χ4n) is 1.97. The molecule has 0 saturated heterocycles. The van der Waals surface area contributed by atoms with E-state index in [0.717, 1.165) is 31.4 Å². The normalized spacial score (nSPS) is 14.2. The lowest BCUT2D eigenvalue weighted by molar-refractivity contribution is 0.131. The van der Waals surface area contributed by atoms with Crippen molar-refractivity contribution in [1.29, 1.82) is 0 Å². The van der Waals surface area contributed by atoms with Gasteiger partial charge in [0, 0.05) is 6.04 Å². The van der Waals surface area contributed by atoms with Crippen molar-refractivity contribution in [2.75, 3.05) is 6.61 Å². The Bertz CT molecular complexity index is 324. The zero-order chi connectivity index (χ0) is 13.4. The Balaban J connectivity index is 2.38. The number of aryl methyl sites for hydroxylation is 1. The van der Waals surface area contributed by atoms with Gasteiger partial charge >= 0.3 is 0 Å². The minimum Gasteiger partial charge on any atom is -0.494 e. The molecule has 0 aliphatic heterocycles. The van der Waals surface area contributed by atoms with E-state index in [-0.39, 0.29) is 6.04 Å². The fourth-order valence-corrected chi connectivity index (χ4v) is 1.97. The maximum absolute atomic E-state index is 9.90. The van der Waals surface area contributed by atoms with Crippen LogP contribution >= 0.6 is 0 Å². The molecule has 3 heteroatoms. The SMILES string of the molecule is CCCC(N)C(O)CCc1ccc(OCC)cc1. The first-order valence-corrected chi connectivity index (χ1v) is 6.82. The maximum Gasteiger partial charge on any atom is 0.119 e. The second-order valence-corrected chi connectivity index (χ2v) is 4.64. The summed E-state index contributed by atoms with van der Waals surface area (Å²) in [6, 6.07) is 7.93. The first-order valence-electron chi connectivity index (χ1n) is 6.82. The Hall–Kier alpha value is -1.06. The number of aliphatic hydroxyl groups is 1. The van der Waals surface area contributed by atoms with Crippen LogP contribution in [0.2, 0.25) is 0 Å². The molecule has 0 saturated carbocycles. The van der Waals surface area contributed by atoms with Gasteiger partial charge in [-0.2, -0.15) is 0 Å². The minimum absolute atomic E-state index is 0.0994. The van der Waals surface area contributed by atoms with Crippen LogP contribution in [-0.2, 0) is 6.42 Å². The molecule has 102 valence electrons. The van der Waals surface area contributed by atoms with Crippen molar-refractivity contribution >= 4 is 0 Å². The highest BCUT2D eigenvalue weighted by molar-refractivity contribution is 5.27. The predicted molar refractivity (Wildman–Crippen MR) is 74.8 cm³/mol. The van der Waals surface area contributed by atoms with E-state index in [1.54, 1.807) is 0 Å². The predicted octanol–water partition coefficient (Wildman–Crippen LogP) is 2.51. The van der Waals surface area contributed by atoms with Crippen molar-refractivity contribution in [3.8, 4) is 5.75 Å². The van der Waals surface area contributed by atoms with Crippen LogP contribution in [0.15, 0.2) is 24.3 Å². The monoisotopic (exact) mass is 251 g/mol. The first-order chi connectivity index (χ1) is 8.67. The molecule has 2 unspecified atom stereocenters. The number of hydrogen-bond donors (Lipinski definition) is 2. The van der Waals surface area contributed by atoms with Crippen molar-refractivity contribution in [3.05, 3.63) is 29.8 Å². The lowest BCUT2D eigenvalue weighted by Gasteiger charge is -2.18. The number of ether oxygens (including phenoxy) is 1. The molecule has 0 fully saturated rings. The number of aliphatic hydroxyl groups excluding tert-OH is 1. The van der Waals surface area contributed by atoms with Gasteiger partial charge in [0.1, 0.15) is 5.75 Å². The van der Waals surface area contributed by atoms with Gasteiger partial charge in [-0.05, 0) is 43.9 Å². The van der Waals surface area contributed by atoms with Crippen LogP contribution < -0.4 is 10.5 Å². The van der Waals surface area contributed by atoms with Crippen molar-refractivity contribution in [2.24, 2.45) is 5.73 Å². The summed E-state index contributed by atoms with van der Waals surface area (Å²) in [5, 5.41) is 9.90. The van der Waals surface area contributed by atoms with Gasteiger partial charge in [-0.3, -0.25) is 0 Å². The molecule has 2 atom stereocenters. The van der Waals surface area contributed by atoms with Gasteiger partial charge in [0.15, 0.2) is 0 Å². The Labute approximate surface area is 110 Å². The van der Waals surface area contributed by atoms with Crippen molar-refractivity contribution in [3.63, 3.8) is 0 Å². The quantitative estimate of drug-likeness (QED) is 0.746. The molecule has 0 aliphatic carbocycles. The highest BCUT2D eigenvalue weighted by Gasteiger charge is 2.13. The lowest BCUT2D eigenvalue weighted by atomic mass is 9.99. The summed E-state index contributed by atoms with van der Waals surface area (Å²) in [6.07, 6.45) is 3.06. The number of rotatable bonds is 8. The van der Waals surface area contributed by atoms with Gasteiger partial charge in [-0.25, -0.2) is 0 Å². The molecule has 0 aliphatic rings. The van der Waals surface area contributed by atoms with Crippen molar-refractivity contribution in [1.82, 2.24) is 0 Å². The Morgan fingerprint density at radius 2 is 1.83 bits per heavy atom. The van der Waals surface area contributed by atoms with Crippen LogP contribution in [0, 0.1) is 0 Å². The Kier molecular flexibility index (Phi) is 6.76. The lowest BCUT2D eigenvalue weighted by Crippen LogP contribution is -2.34. The zero-order valence-corrected chi connectivity index (χ0v) is 11.4. The second-order valence-electron chi connectivity index (χ2n) is 4.64. The Morgan fingerprint density at radius 1 is 1.17 bits per heavy atom. The highest BCUT2D eigenvalue weighted by Crippen LogP contribution is 2.14. The highest BCUT2D eigenvalue weighted by atomic mass is 16.5. The van der Waals surface area contributed by atoms with Crippen LogP contribution in [0.5, 0.6) is 5.75 Å². The molecule has 0 radical (unpaired) electrons. The van der Waals surface area contributed by atoms with Crippen LogP contribution in [0.3, 0.4) is 0 Å². The number of benzene rings is 1. The summed E-state index contributed by atoms with van der Waals surface area (Å²) >= 11 is 0. The molecule has 18 heavy (non-hydrogen) atoms. The van der Waals surface area contributed by atoms with Gasteiger partial charge in [-0.15, -0.1) is 0 Å². The van der Waals surface area contributed by atoms with Gasteiger partial charge in [-0.1, -0.05) is 25.5 Å². The molecule has 0 aromatic heterocycles.